The Morgan fingerprint density at radius 1 is 1.06 bits per heavy atom. The second kappa shape index (κ2) is 14.5. The zero-order valence-corrected chi connectivity index (χ0v) is 27.5. The lowest BCUT2D eigenvalue weighted by atomic mass is 9.85. The molecular weight excluding hydrogens is 636 g/mol. The lowest BCUT2D eigenvalue weighted by Gasteiger charge is -2.30. The molecule has 0 spiro atoms. The number of carbonyl (C=O) groups excluding carboxylic acids is 2. The summed E-state index contributed by atoms with van der Waals surface area (Å²) in [6.07, 6.45) is 1.72. The van der Waals surface area contributed by atoms with Crippen molar-refractivity contribution in [2.24, 2.45) is 0 Å². The number of esters is 1. The van der Waals surface area contributed by atoms with E-state index in [4.69, 9.17) is 40.0 Å². The first-order valence-electron chi connectivity index (χ1n) is 15.4. The van der Waals surface area contributed by atoms with Crippen LogP contribution in [0.5, 0.6) is 11.5 Å². The Morgan fingerprint density at radius 3 is 2.51 bits per heavy atom. The van der Waals surface area contributed by atoms with Crippen molar-refractivity contribution in [3.8, 4) is 22.6 Å². The highest BCUT2D eigenvalue weighted by Crippen LogP contribution is 2.50. The molecule has 3 aromatic rings. The predicted molar refractivity (Wildman–Crippen MR) is 170 cm³/mol. The molecule has 9 nitrogen and oxygen atoms in total. The van der Waals surface area contributed by atoms with Gasteiger partial charge in [-0.25, -0.2) is 18.4 Å². The molecule has 12 heteroatoms. The molecule has 1 fully saturated rings. The van der Waals surface area contributed by atoms with Gasteiger partial charge >= 0.3 is 12.1 Å². The summed E-state index contributed by atoms with van der Waals surface area (Å²) >= 11 is 6.59. The molecule has 1 amide bonds. The molecule has 47 heavy (non-hydrogen) atoms. The third kappa shape index (κ3) is 7.80. The van der Waals surface area contributed by atoms with Gasteiger partial charge in [-0.05, 0) is 57.7 Å². The van der Waals surface area contributed by atoms with Gasteiger partial charge in [0.15, 0.2) is 23.5 Å². The summed E-state index contributed by atoms with van der Waals surface area (Å²) < 4.78 is 65.8. The van der Waals surface area contributed by atoms with Crippen molar-refractivity contribution < 1.29 is 46.8 Å². The molecule has 0 radical (unpaired) electrons. The van der Waals surface area contributed by atoms with Crippen molar-refractivity contribution in [2.45, 2.75) is 63.9 Å². The summed E-state index contributed by atoms with van der Waals surface area (Å²) in [7, 11) is 1.16. The number of benzene rings is 3. The molecule has 5 rings (SSSR count). The van der Waals surface area contributed by atoms with E-state index in [1.807, 2.05) is 6.07 Å². The van der Waals surface area contributed by atoms with Crippen LogP contribution in [0.2, 0.25) is 5.02 Å². The average Bonchev–Trinajstić information content (AvgIpc) is 3.42. The van der Waals surface area contributed by atoms with Gasteiger partial charge in [-0.1, -0.05) is 41.9 Å². The molecule has 0 unspecified atom stereocenters. The van der Waals surface area contributed by atoms with Crippen LogP contribution < -0.4 is 14.8 Å². The number of alkyl carbamates (subject to hydrolysis) is 1. The number of fused-ring (bicyclic) bond motifs is 1. The highest BCUT2D eigenvalue weighted by molar-refractivity contribution is 6.34. The van der Waals surface area contributed by atoms with Crippen LogP contribution in [0, 0.1) is 11.6 Å². The molecule has 0 aliphatic carbocycles. The van der Waals surface area contributed by atoms with Gasteiger partial charge in [-0.2, -0.15) is 0 Å². The van der Waals surface area contributed by atoms with Gasteiger partial charge in [0.05, 0.1) is 30.8 Å². The Morgan fingerprint density at radius 2 is 1.83 bits per heavy atom. The van der Waals surface area contributed by atoms with E-state index in [1.54, 1.807) is 45.0 Å². The van der Waals surface area contributed by atoms with E-state index in [0.717, 1.165) is 32.4 Å². The average molecular weight is 674 g/mol. The maximum atomic E-state index is 16.5. The standard InChI is InChI=1S/C35H38ClF2NO8/c1-34(2,3)47-33(41)39-20-35(21-10-6-5-7-11-21)19-23-26(46-35)18-24(37)30(36)28(23)29-22(32(40)42-4)13-14-25(31(29)38)43-16-17-45-27-12-8-9-15-44-27/h5-7,10-11,13-14,18,27H,8-9,12,15-17,19-20H2,1-4H3,(H,39,41)/t27-,35+/m0/s1. The minimum Gasteiger partial charge on any atom is -0.488 e. The van der Waals surface area contributed by atoms with Gasteiger partial charge in [0.25, 0.3) is 0 Å². The Kier molecular flexibility index (Phi) is 10.6. The number of ether oxygens (including phenoxy) is 6. The van der Waals surface area contributed by atoms with E-state index < -0.39 is 39.9 Å². The lowest BCUT2D eigenvalue weighted by molar-refractivity contribution is -0.165. The van der Waals surface area contributed by atoms with E-state index in [9.17, 15) is 9.59 Å². The molecular formula is C35H38ClF2NO8. The van der Waals surface area contributed by atoms with Crippen LogP contribution >= 0.6 is 11.6 Å². The monoisotopic (exact) mass is 673 g/mol. The highest BCUT2D eigenvalue weighted by Gasteiger charge is 2.45. The Balaban J connectivity index is 1.53. The first-order chi connectivity index (χ1) is 22.4. The fourth-order valence-corrected chi connectivity index (χ4v) is 5.96. The Hall–Kier alpha value is -3.93. The largest absolute Gasteiger partial charge is 0.488 e. The molecule has 1 saturated heterocycles. The van der Waals surface area contributed by atoms with Crippen molar-refractivity contribution in [3.63, 3.8) is 0 Å². The minimum absolute atomic E-state index is 0.0145. The van der Waals surface area contributed by atoms with Crippen molar-refractivity contribution in [1.82, 2.24) is 5.32 Å². The molecule has 2 aliphatic rings. The molecule has 0 saturated carbocycles. The number of nitrogens with one attached hydrogen (secondary N) is 1. The molecule has 1 N–H and O–H groups in total. The smallest absolute Gasteiger partial charge is 0.407 e. The molecule has 0 bridgehead atoms. The van der Waals surface area contributed by atoms with E-state index in [2.05, 4.69) is 5.32 Å². The van der Waals surface area contributed by atoms with E-state index in [-0.39, 0.29) is 60.7 Å². The van der Waals surface area contributed by atoms with Crippen molar-refractivity contribution >= 4 is 23.7 Å². The molecule has 252 valence electrons. The number of methoxy groups -OCH3 is 1. The van der Waals surface area contributed by atoms with Crippen LogP contribution in [0.3, 0.4) is 0 Å². The first kappa shape index (κ1) is 34.4. The van der Waals surface area contributed by atoms with Gasteiger partial charge in [-0.15, -0.1) is 0 Å². The van der Waals surface area contributed by atoms with Crippen molar-refractivity contribution in [2.75, 3.05) is 33.5 Å². The summed E-state index contributed by atoms with van der Waals surface area (Å²) in [6, 6.07) is 12.8. The zero-order valence-electron chi connectivity index (χ0n) is 26.8. The van der Waals surface area contributed by atoms with Crippen LogP contribution in [0.1, 0.15) is 61.5 Å². The SMILES string of the molecule is COC(=O)c1ccc(OCCO[C@H]2CCCCO2)c(F)c1-c1c(Cl)c(F)cc2c1C[C@@](CNC(=O)OC(C)(C)C)(c1ccccc1)O2. The van der Waals surface area contributed by atoms with Crippen LogP contribution in [0.25, 0.3) is 11.1 Å². The van der Waals surface area contributed by atoms with Gasteiger partial charge < -0.3 is 33.7 Å². The third-order valence-corrected chi connectivity index (χ3v) is 8.18. The maximum Gasteiger partial charge on any atom is 0.407 e. The van der Waals surface area contributed by atoms with Gasteiger partial charge in [0.2, 0.25) is 0 Å². The van der Waals surface area contributed by atoms with E-state index >= 15 is 8.78 Å². The van der Waals surface area contributed by atoms with E-state index in [0.29, 0.717) is 17.7 Å². The predicted octanol–water partition coefficient (Wildman–Crippen LogP) is 7.35. The van der Waals surface area contributed by atoms with Crippen LogP contribution in [0.15, 0.2) is 48.5 Å². The highest BCUT2D eigenvalue weighted by atomic mass is 35.5. The Bertz CT molecular complexity index is 1610. The fraction of sp³-hybridized carbons (Fsp3) is 0.429. The molecule has 0 aromatic heterocycles. The van der Waals surface area contributed by atoms with Gasteiger partial charge in [0.1, 0.15) is 23.8 Å². The van der Waals surface area contributed by atoms with Crippen molar-refractivity contribution in [3.05, 3.63) is 81.9 Å². The van der Waals surface area contributed by atoms with Crippen LogP contribution in [-0.4, -0.2) is 57.4 Å². The second-order valence-corrected chi connectivity index (χ2v) is 12.7. The molecule has 3 aromatic carbocycles. The normalized spacial score (nSPS) is 19.0. The summed E-state index contributed by atoms with van der Waals surface area (Å²) in [5.74, 6) is -2.83. The third-order valence-electron chi connectivity index (χ3n) is 7.82. The Labute approximate surface area is 277 Å². The number of carbonyl (C=O) groups is 2. The number of halogens is 3. The molecule has 2 atom stereocenters. The summed E-state index contributed by atoms with van der Waals surface area (Å²) in [5, 5.41) is 2.33. The van der Waals surface area contributed by atoms with Gasteiger partial charge in [-0.3, -0.25) is 0 Å². The van der Waals surface area contributed by atoms with Crippen LogP contribution in [0.4, 0.5) is 13.6 Å². The number of amides is 1. The summed E-state index contributed by atoms with van der Waals surface area (Å²) in [6.45, 7) is 5.86. The quantitative estimate of drug-likeness (QED) is 0.176. The number of rotatable bonds is 10. The van der Waals surface area contributed by atoms with Crippen LogP contribution in [-0.2, 0) is 31.0 Å². The molecule has 2 heterocycles. The second-order valence-electron chi connectivity index (χ2n) is 12.3. The number of hydrogen-bond acceptors (Lipinski definition) is 8. The summed E-state index contributed by atoms with van der Waals surface area (Å²) in [5.41, 5.74) is -1.62. The fourth-order valence-electron chi connectivity index (χ4n) is 5.70. The maximum absolute atomic E-state index is 16.5. The number of hydrogen-bond donors (Lipinski definition) is 1. The summed E-state index contributed by atoms with van der Waals surface area (Å²) in [4.78, 5) is 25.6. The molecule has 2 aliphatic heterocycles. The lowest BCUT2D eigenvalue weighted by Crippen LogP contribution is -2.45. The first-order valence-corrected chi connectivity index (χ1v) is 15.8. The van der Waals surface area contributed by atoms with Gasteiger partial charge in [0, 0.05) is 35.8 Å². The van der Waals surface area contributed by atoms with E-state index in [1.165, 1.54) is 12.1 Å². The topological polar surface area (TPSA) is 102 Å². The van der Waals surface area contributed by atoms with Crippen molar-refractivity contribution in [1.29, 1.82) is 0 Å². The minimum atomic E-state index is -1.26. The zero-order chi connectivity index (χ0) is 33.8.